The van der Waals surface area contributed by atoms with Gasteiger partial charge in [0.2, 0.25) is 0 Å². The molecule has 0 amide bonds. The Labute approximate surface area is 123 Å². The molecule has 1 heteroatoms. The Kier molecular flexibility index (Phi) is 3.80. The van der Waals surface area contributed by atoms with E-state index in [-0.39, 0.29) is 0 Å². The lowest BCUT2D eigenvalue weighted by molar-refractivity contribution is 0.156. The third-order valence-corrected chi connectivity index (χ3v) is 5.03. The molecule has 0 bridgehead atoms. The lowest BCUT2D eigenvalue weighted by atomic mass is 9.66. The Balaban J connectivity index is 1.93. The van der Waals surface area contributed by atoms with Crippen molar-refractivity contribution in [2.75, 3.05) is 14.1 Å². The van der Waals surface area contributed by atoms with Crippen LogP contribution in [0.2, 0.25) is 0 Å². The van der Waals surface area contributed by atoms with E-state index in [1.807, 2.05) is 0 Å². The summed E-state index contributed by atoms with van der Waals surface area (Å²) in [6.45, 7) is 2.20. The van der Waals surface area contributed by atoms with E-state index in [0.717, 1.165) is 0 Å². The zero-order valence-corrected chi connectivity index (χ0v) is 12.8. The summed E-state index contributed by atoms with van der Waals surface area (Å²) in [4.78, 5) is 2.41. The fraction of sp³-hybridized carbons (Fsp3) is 0.474. The van der Waals surface area contributed by atoms with Gasteiger partial charge in [0.25, 0.3) is 0 Å². The van der Waals surface area contributed by atoms with Crippen LogP contribution in [-0.4, -0.2) is 25.0 Å². The van der Waals surface area contributed by atoms with E-state index < -0.39 is 0 Å². The first-order valence-corrected chi connectivity index (χ1v) is 7.73. The van der Waals surface area contributed by atoms with Gasteiger partial charge in [-0.2, -0.15) is 0 Å². The minimum Gasteiger partial charge on any atom is -0.306 e. The molecule has 0 aromatic heterocycles. The molecule has 2 aliphatic rings. The molecule has 0 N–H and O–H groups in total. The minimum atomic E-state index is 0.655. The Hall–Kier alpha value is -1.34. The quantitative estimate of drug-likeness (QED) is 0.777. The predicted molar refractivity (Wildman–Crippen MR) is 85.9 cm³/mol. The zero-order valence-electron chi connectivity index (χ0n) is 12.8. The molecule has 0 saturated heterocycles. The molecule has 1 aromatic rings. The summed E-state index contributed by atoms with van der Waals surface area (Å²) in [7, 11) is 4.45. The second-order valence-corrected chi connectivity index (χ2v) is 6.62. The van der Waals surface area contributed by atoms with E-state index in [4.69, 9.17) is 0 Å². The molecule has 0 heterocycles. The van der Waals surface area contributed by atoms with Crippen molar-refractivity contribution >= 4 is 0 Å². The third kappa shape index (κ3) is 2.60. The number of aryl methyl sites for hydroxylation is 1. The van der Waals surface area contributed by atoms with E-state index in [9.17, 15) is 0 Å². The lowest BCUT2D eigenvalue weighted by Gasteiger charge is -2.43. The van der Waals surface area contributed by atoms with E-state index in [1.54, 1.807) is 0 Å². The minimum absolute atomic E-state index is 0.655. The highest BCUT2D eigenvalue weighted by Crippen LogP contribution is 2.45. The van der Waals surface area contributed by atoms with Crippen LogP contribution in [-0.2, 0) is 0 Å². The number of nitrogens with zero attached hydrogens (tertiary/aromatic N) is 1. The standard InChI is InChI=1S/C19H25N/c1-14-7-6-9-15(11-14)19-13-17(20(2)3)12-16-8-4-5-10-18(16)19/h4-11,16-19H,12-13H2,1-3H3. The van der Waals surface area contributed by atoms with Crippen molar-refractivity contribution in [2.24, 2.45) is 11.8 Å². The summed E-state index contributed by atoms with van der Waals surface area (Å²) >= 11 is 0. The van der Waals surface area contributed by atoms with Crippen LogP contribution < -0.4 is 0 Å². The van der Waals surface area contributed by atoms with Crippen LogP contribution in [0.5, 0.6) is 0 Å². The van der Waals surface area contributed by atoms with Gasteiger partial charge in [-0.25, -0.2) is 0 Å². The highest BCUT2D eigenvalue weighted by molar-refractivity contribution is 5.30. The van der Waals surface area contributed by atoms with E-state index in [0.29, 0.717) is 23.8 Å². The van der Waals surface area contributed by atoms with Gasteiger partial charge in [-0.15, -0.1) is 0 Å². The van der Waals surface area contributed by atoms with E-state index in [2.05, 4.69) is 74.5 Å². The molecule has 1 saturated carbocycles. The summed E-state index contributed by atoms with van der Waals surface area (Å²) < 4.78 is 0. The molecule has 0 radical (unpaired) electrons. The van der Waals surface area contributed by atoms with Crippen LogP contribution in [0.15, 0.2) is 48.6 Å². The number of rotatable bonds is 2. The number of benzene rings is 1. The molecule has 20 heavy (non-hydrogen) atoms. The molecule has 1 fully saturated rings. The van der Waals surface area contributed by atoms with Gasteiger partial charge in [0.1, 0.15) is 0 Å². The molecule has 4 atom stereocenters. The van der Waals surface area contributed by atoms with Gasteiger partial charge in [0.15, 0.2) is 0 Å². The van der Waals surface area contributed by atoms with Crippen molar-refractivity contribution in [3.05, 3.63) is 59.7 Å². The van der Waals surface area contributed by atoms with Gasteiger partial charge < -0.3 is 4.90 Å². The Bertz CT molecular complexity index is 526. The zero-order chi connectivity index (χ0) is 14.1. The van der Waals surface area contributed by atoms with Crippen LogP contribution >= 0.6 is 0 Å². The maximum atomic E-state index is 2.43. The molecule has 106 valence electrons. The normalized spacial score (nSPS) is 32.4. The second kappa shape index (κ2) is 5.57. The first kappa shape index (κ1) is 13.6. The van der Waals surface area contributed by atoms with Crippen LogP contribution in [0.25, 0.3) is 0 Å². The van der Waals surface area contributed by atoms with Crippen LogP contribution in [0.4, 0.5) is 0 Å². The molecule has 0 aliphatic heterocycles. The van der Waals surface area contributed by atoms with Crippen molar-refractivity contribution < 1.29 is 0 Å². The van der Waals surface area contributed by atoms with Gasteiger partial charge in [-0.05, 0) is 57.2 Å². The first-order valence-electron chi connectivity index (χ1n) is 7.73. The van der Waals surface area contributed by atoms with Crippen molar-refractivity contribution in [1.82, 2.24) is 4.90 Å². The summed E-state index contributed by atoms with van der Waals surface area (Å²) in [5, 5.41) is 0. The number of fused-ring (bicyclic) bond motifs is 1. The Morgan fingerprint density at radius 3 is 2.60 bits per heavy atom. The summed E-state index contributed by atoms with van der Waals surface area (Å²) in [5.41, 5.74) is 2.90. The van der Waals surface area contributed by atoms with Gasteiger partial charge in [0, 0.05) is 6.04 Å². The SMILES string of the molecule is Cc1cccc(C2CC(N(C)C)CC3C=CC=CC32)c1. The maximum Gasteiger partial charge on any atom is 0.0101 e. The van der Waals surface area contributed by atoms with Gasteiger partial charge in [0.05, 0.1) is 0 Å². The van der Waals surface area contributed by atoms with Crippen LogP contribution in [0.3, 0.4) is 0 Å². The van der Waals surface area contributed by atoms with Gasteiger partial charge >= 0.3 is 0 Å². The van der Waals surface area contributed by atoms with Crippen LogP contribution in [0, 0.1) is 18.8 Å². The third-order valence-electron chi connectivity index (χ3n) is 5.03. The average molecular weight is 267 g/mol. The second-order valence-electron chi connectivity index (χ2n) is 6.62. The predicted octanol–water partition coefficient (Wildman–Crippen LogP) is 4.16. The summed E-state index contributed by atoms with van der Waals surface area (Å²) in [6.07, 6.45) is 11.9. The molecule has 0 spiro atoms. The van der Waals surface area contributed by atoms with Crippen molar-refractivity contribution in [2.45, 2.75) is 31.7 Å². The first-order chi connectivity index (χ1) is 9.65. The lowest BCUT2D eigenvalue weighted by Crippen LogP contribution is -2.40. The monoisotopic (exact) mass is 267 g/mol. The summed E-state index contributed by atoms with van der Waals surface area (Å²) in [5.74, 6) is 2.03. The van der Waals surface area contributed by atoms with Crippen molar-refractivity contribution in [1.29, 1.82) is 0 Å². The fourth-order valence-electron chi connectivity index (χ4n) is 3.88. The molecule has 1 nitrogen and oxygen atoms in total. The summed E-state index contributed by atoms with van der Waals surface area (Å²) in [6, 6.07) is 9.80. The molecular formula is C19H25N. The topological polar surface area (TPSA) is 3.24 Å². The van der Waals surface area contributed by atoms with Crippen molar-refractivity contribution in [3.63, 3.8) is 0 Å². The molecular weight excluding hydrogens is 242 g/mol. The maximum absolute atomic E-state index is 2.43. The molecule has 3 rings (SSSR count). The molecule has 4 unspecified atom stereocenters. The van der Waals surface area contributed by atoms with E-state index in [1.165, 1.54) is 24.0 Å². The van der Waals surface area contributed by atoms with Crippen LogP contribution in [0.1, 0.15) is 29.9 Å². The van der Waals surface area contributed by atoms with Gasteiger partial charge in [-0.1, -0.05) is 54.1 Å². The average Bonchev–Trinajstić information content (AvgIpc) is 2.46. The number of hydrogen-bond acceptors (Lipinski definition) is 1. The largest absolute Gasteiger partial charge is 0.306 e. The smallest absolute Gasteiger partial charge is 0.0101 e. The molecule has 1 aromatic carbocycles. The highest BCUT2D eigenvalue weighted by atomic mass is 15.1. The Morgan fingerprint density at radius 2 is 1.85 bits per heavy atom. The fourth-order valence-corrected chi connectivity index (χ4v) is 3.88. The Morgan fingerprint density at radius 1 is 1.05 bits per heavy atom. The molecule has 2 aliphatic carbocycles. The van der Waals surface area contributed by atoms with E-state index >= 15 is 0 Å². The number of hydrogen-bond donors (Lipinski definition) is 0. The number of allylic oxidation sites excluding steroid dienone is 4. The van der Waals surface area contributed by atoms with Crippen molar-refractivity contribution in [3.8, 4) is 0 Å². The van der Waals surface area contributed by atoms with Gasteiger partial charge in [-0.3, -0.25) is 0 Å². The highest BCUT2D eigenvalue weighted by Gasteiger charge is 2.37.